The second-order valence-corrected chi connectivity index (χ2v) is 2.23. The number of rotatable bonds is 0. The van der Waals surface area contributed by atoms with Crippen LogP contribution in [0.3, 0.4) is 0 Å². The van der Waals surface area contributed by atoms with Gasteiger partial charge in [0.15, 0.2) is 0 Å². The molecule has 0 bridgehead atoms. The van der Waals surface area contributed by atoms with Crippen molar-refractivity contribution in [1.29, 1.82) is 0 Å². The third kappa shape index (κ3) is 7.18. The van der Waals surface area contributed by atoms with Crippen LogP contribution in [0.25, 0.3) is 0 Å². The summed E-state index contributed by atoms with van der Waals surface area (Å²) in [6.07, 6.45) is -1.48. The van der Waals surface area contributed by atoms with Gasteiger partial charge in [0.1, 0.15) is 11.9 Å². The molecule has 0 heterocycles. The summed E-state index contributed by atoms with van der Waals surface area (Å²) in [4.78, 5) is 9.01. The van der Waals surface area contributed by atoms with Gasteiger partial charge in [0.2, 0.25) is 0 Å². The Morgan fingerprint density at radius 1 is 1.33 bits per heavy atom. The zero-order chi connectivity index (χ0) is 9.40. The zero-order valence-electron chi connectivity index (χ0n) is 5.91. The quantitative estimate of drug-likeness (QED) is 0.713. The van der Waals surface area contributed by atoms with Crippen LogP contribution in [-0.2, 0) is 4.29 Å². The molecule has 5 heteroatoms. The molecule has 66 valence electrons. The van der Waals surface area contributed by atoms with Crippen LogP contribution in [0.1, 0.15) is 0 Å². The number of benzene rings is 1. The topological polar surface area (TPSA) is 46.5 Å². The molecular formula is C7H6Cl2O3. The lowest BCUT2D eigenvalue weighted by atomic mass is 10.4. The molecule has 0 aliphatic heterocycles. The molecule has 0 saturated carbocycles. The van der Waals surface area contributed by atoms with Crippen LogP contribution in [0.15, 0.2) is 30.3 Å². The minimum absolute atomic E-state index is 0.794. The first-order chi connectivity index (χ1) is 5.66. The minimum Gasteiger partial charge on any atom is -0.449 e. The highest BCUT2D eigenvalue weighted by atomic mass is 35.5. The van der Waals surface area contributed by atoms with E-state index in [4.69, 9.17) is 21.5 Å². The van der Waals surface area contributed by atoms with Gasteiger partial charge in [0.05, 0.1) is 0 Å². The summed E-state index contributed by atoms with van der Waals surface area (Å²) in [6.45, 7) is 0. The van der Waals surface area contributed by atoms with Gasteiger partial charge < -0.3 is 9.40 Å². The maximum Gasteiger partial charge on any atom is 0.524 e. The van der Waals surface area contributed by atoms with Gasteiger partial charge in [-0.3, -0.25) is 0 Å². The maximum atomic E-state index is 9.01. The number of carboxylic acid groups (broad SMARTS) is 1. The Hall–Kier alpha value is -0.930. The van der Waals surface area contributed by atoms with E-state index in [1.165, 1.54) is 0 Å². The van der Waals surface area contributed by atoms with E-state index in [0.717, 1.165) is 5.02 Å². The molecule has 0 atom stereocenters. The van der Waals surface area contributed by atoms with Crippen LogP contribution >= 0.6 is 23.5 Å². The molecule has 0 aliphatic rings. The average Bonchev–Trinajstić information content (AvgIpc) is 2.07. The zero-order valence-corrected chi connectivity index (χ0v) is 7.42. The van der Waals surface area contributed by atoms with Gasteiger partial charge in [-0.05, 0) is 12.1 Å². The van der Waals surface area contributed by atoms with E-state index in [0.29, 0.717) is 0 Å². The van der Waals surface area contributed by atoms with Gasteiger partial charge in [0, 0.05) is 5.02 Å². The Balaban J connectivity index is 0.000000217. The van der Waals surface area contributed by atoms with Gasteiger partial charge in [-0.25, -0.2) is 4.79 Å². The molecule has 0 unspecified atom stereocenters. The van der Waals surface area contributed by atoms with Crippen molar-refractivity contribution < 1.29 is 14.2 Å². The molecule has 12 heavy (non-hydrogen) atoms. The third-order valence-corrected chi connectivity index (χ3v) is 1.18. The molecule has 1 aromatic rings. The maximum absolute atomic E-state index is 9.01. The number of carbonyl (C=O) groups is 1. The summed E-state index contributed by atoms with van der Waals surface area (Å²) >= 11 is 9.78. The second-order valence-electron chi connectivity index (χ2n) is 1.64. The summed E-state index contributed by atoms with van der Waals surface area (Å²) in [5.74, 6) is 0. The molecule has 0 amide bonds. The SMILES string of the molecule is Clc1ccccc1.O=C(O)OCl. The van der Waals surface area contributed by atoms with E-state index >= 15 is 0 Å². The second kappa shape index (κ2) is 6.76. The van der Waals surface area contributed by atoms with Gasteiger partial charge in [-0.1, -0.05) is 29.8 Å². The molecule has 0 aromatic heterocycles. The fourth-order valence-electron chi connectivity index (χ4n) is 0.415. The lowest BCUT2D eigenvalue weighted by Gasteiger charge is -1.80. The monoisotopic (exact) mass is 208 g/mol. The molecular weight excluding hydrogens is 203 g/mol. The van der Waals surface area contributed by atoms with Crippen molar-refractivity contribution in [2.75, 3.05) is 0 Å². The highest BCUT2D eigenvalue weighted by Gasteiger charge is 1.84. The average molecular weight is 209 g/mol. The Kier molecular flexibility index (Phi) is 6.24. The largest absolute Gasteiger partial charge is 0.524 e. The molecule has 1 rings (SSSR count). The summed E-state index contributed by atoms with van der Waals surface area (Å²) in [5, 5.41) is 8.16. The van der Waals surface area contributed by atoms with E-state index in [1.54, 1.807) is 0 Å². The standard InChI is InChI=1S/C6H5Cl.CHClO3/c7-6-4-2-1-3-5-6;2-5-1(3)4/h1-5H;(H,3,4). The van der Waals surface area contributed by atoms with Crippen molar-refractivity contribution in [3.63, 3.8) is 0 Å². The first-order valence-corrected chi connectivity index (χ1v) is 3.57. The van der Waals surface area contributed by atoms with Crippen LogP contribution in [-0.4, -0.2) is 11.3 Å². The Bertz CT molecular complexity index is 225. The summed E-state index contributed by atoms with van der Waals surface area (Å²) in [5.41, 5.74) is 0. The first-order valence-electron chi connectivity index (χ1n) is 2.89. The number of hydrogen-bond acceptors (Lipinski definition) is 2. The van der Waals surface area contributed by atoms with Gasteiger partial charge in [0.25, 0.3) is 0 Å². The van der Waals surface area contributed by atoms with Crippen molar-refractivity contribution in [2.24, 2.45) is 0 Å². The molecule has 1 N–H and O–H groups in total. The normalized spacial score (nSPS) is 7.83. The van der Waals surface area contributed by atoms with Gasteiger partial charge >= 0.3 is 6.16 Å². The number of hydrogen-bond donors (Lipinski definition) is 1. The Morgan fingerprint density at radius 3 is 1.92 bits per heavy atom. The summed E-state index contributed by atoms with van der Waals surface area (Å²) in [6, 6.07) is 9.44. The van der Waals surface area contributed by atoms with Crippen LogP contribution in [0.2, 0.25) is 5.02 Å². The fourth-order valence-corrected chi connectivity index (χ4v) is 0.560. The fraction of sp³-hybridized carbons (Fsp3) is 0. The van der Waals surface area contributed by atoms with Crippen molar-refractivity contribution in [2.45, 2.75) is 0 Å². The highest BCUT2D eigenvalue weighted by Crippen LogP contribution is 2.03. The Labute approximate surface area is 79.7 Å². The van der Waals surface area contributed by atoms with E-state index < -0.39 is 6.16 Å². The van der Waals surface area contributed by atoms with Crippen LogP contribution in [0.4, 0.5) is 4.79 Å². The first kappa shape index (κ1) is 11.1. The van der Waals surface area contributed by atoms with Crippen LogP contribution in [0, 0.1) is 0 Å². The van der Waals surface area contributed by atoms with Gasteiger partial charge in [-0.2, -0.15) is 0 Å². The third-order valence-electron chi connectivity index (χ3n) is 0.799. The summed E-state index contributed by atoms with van der Waals surface area (Å²) in [7, 11) is 0. The smallest absolute Gasteiger partial charge is 0.449 e. The lowest BCUT2D eigenvalue weighted by molar-refractivity contribution is 0.149. The van der Waals surface area contributed by atoms with Gasteiger partial charge in [-0.15, -0.1) is 0 Å². The van der Waals surface area contributed by atoms with Crippen LogP contribution in [0.5, 0.6) is 0 Å². The molecule has 0 fully saturated rings. The molecule has 1 aromatic carbocycles. The van der Waals surface area contributed by atoms with E-state index in [1.807, 2.05) is 30.3 Å². The summed E-state index contributed by atoms with van der Waals surface area (Å²) < 4.78 is 3.14. The molecule has 3 nitrogen and oxygen atoms in total. The predicted molar refractivity (Wildman–Crippen MR) is 46.4 cm³/mol. The van der Waals surface area contributed by atoms with Crippen molar-refractivity contribution in [3.05, 3.63) is 35.4 Å². The van der Waals surface area contributed by atoms with Crippen LogP contribution < -0.4 is 0 Å². The lowest BCUT2D eigenvalue weighted by Crippen LogP contribution is -1.85. The molecule has 0 saturated heterocycles. The van der Waals surface area contributed by atoms with Crippen molar-refractivity contribution in [3.8, 4) is 0 Å². The van der Waals surface area contributed by atoms with Crippen molar-refractivity contribution >= 4 is 29.6 Å². The molecule has 0 aliphatic carbocycles. The number of halogens is 2. The van der Waals surface area contributed by atoms with E-state index in [-0.39, 0.29) is 0 Å². The molecule has 0 spiro atoms. The highest BCUT2D eigenvalue weighted by molar-refractivity contribution is 6.30. The minimum atomic E-state index is -1.48. The van der Waals surface area contributed by atoms with Crippen molar-refractivity contribution in [1.82, 2.24) is 0 Å². The Morgan fingerprint density at radius 2 is 1.75 bits per heavy atom. The molecule has 0 radical (unpaired) electrons. The predicted octanol–water partition coefficient (Wildman–Crippen LogP) is 3.17. The van der Waals surface area contributed by atoms with E-state index in [2.05, 4.69) is 16.2 Å². The van der Waals surface area contributed by atoms with E-state index in [9.17, 15) is 0 Å².